The molecule has 2 aliphatic rings. The number of amides is 1. The van der Waals surface area contributed by atoms with Gasteiger partial charge in [-0.05, 0) is 37.0 Å². The minimum absolute atomic E-state index is 0.0686. The number of hydrogen-bond donors (Lipinski definition) is 1. The topological polar surface area (TPSA) is 63.2 Å². The van der Waals surface area contributed by atoms with Crippen LogP contribution in [0.4, 0.5) is 0 Å². The van der Waals surface area contributed by atoms with Crippen molar-refractivity contribution < 1.29 is 13.2 Å². The monoisotopic (exact) mass is 347 g/mol. The molecule has 2 rings (SSSR count). The van der Waals surface area contributed by atoms with Crippen LogP contribution in [0.15, 0.2) is 0 Å². The van der Waals surface area contributed by atoms with E-state index in [-0.39, 0.29) is 28.7 Å². The highest BCUT2D eigenvalue weighted by Crippen LogP contribution is 2.33. The van der Waals surface area contributed by atoms with Gasteiger partial charge in [-0.25, -0.2) is 8.42 Å². The molecule has 1 aliphatic heterocycles. The first-order valence-electron chi connectivity index (χ1n) is 8.38. The van der Waals surface area contributed by atoms with Crippen LogP contribution in [-0.2, 0) is 14.6 Å². The SMILES string of the molecule is CC1CCC(C(C)C)C(NC(=O)CSC2CCS(=O)(=O)C2)C1. The fourth-order valence-electron chi connectivity index (χ4n) is 3.70. The Labute approximate surface area is 139 Å². The molecule has 1 N–H and O–H groups in total. The maximum Gasteiger partial charge on any atom is 0.230 e. The van der Waals surface area contributed by atoms with Crippen molar-refractivity contribution in [2.75, 3.05) is 17.3 Å². The number of nitrogens with one attached hydrogen (secondary N) is 1. The molecule has 1 saturated carbocycles. The third-order valence-electron chi connectivity index (χ3n) is 5.01. The third kappa shape index (κ3) is 5.15. The van der Waals surface area contributed by atoms with E-state index in [0.717, 1.165) is 6.42 Å². The van der Waals surface area contributed by atoms with Crippen molar-refractivity contribution in [1.29, 1.82) is 0 Å². The summed E-state index contributed by atoms with van der Waals surface area (Å²) in [5.74, 6) is 2.80. The smallest absolute Gasteiger partial charge is 0.230 e. The van der Waals surface area contributed by atoms with E-state index >= 15 is 0 Å². The molecule has 4 unspecified atom stereocenters. The van der Waals surface area contributed by atoms with Crippen molar-refractivity contribution >= 4 is 27.5 Å². The second-order valence-electron chi connectivity index (χ2n) is 7.34. The molecule has 0 spiro atoms. The van der Waals surface area contributed by atoms with E-state index in [1.165, 1.54) is 24.6 Å². The summed E-state index contributed by atoms with van der Waals surface area (Å²) in [7, 11) is -2.85. The van der Waals surface area contributed by atoms with Gasteiger partial charge in [0, 0.05) is 11.3 Å². The molecule has 4 nitrogen and oxygen atoms in total. The standard InChI is InChI=1S/C16H29NO3S2/c1-11(2)14-5-4-12(3)8-15(14)17-16(18)9-21-13-6-7-22(19,20)10-13/h11-15H,4-10H2,1-3H3,(H,17,18). The van der Waals surface area contributed by atoms with Gasteiger partial charge in [0.05, 0.1) is 17.3 Å². The first-order chi connectivity index (χ1) is 10.3. The minimum atomic E-state index is -2.85. The number of hydrogen-bond acceptors (Lipinski definition) is 4. The van der Waals surface area contributed by atoms with E-state index in [1.807, 2.05) is 0 Å². The van der Waals surface area contributed by atoms with Gasteiger partial charge in [-0.1, -0.05) is 27.2 Å². The molecule has 0 aromatic carbocycles. The summed E-state index contributed by atoms with van der Waals surface area (Å²) in [6.07, 6.45) is 4.20. The first-order valence-corrected chi connectivity index (χ1v) is 11.2. The van der Waals surface area contributed by atoms with E-state index in [2.05, 4.69) is 26.1 Å². The maximum atomic E-state index is 12.2. The lowest BCUT2D eigenvalue weighted by molar-refractivity contribution is -0.120. The normalized spacial score (nSPS) is 34.7. The molecule has 128 valence electrons. The van der Waals surface area contributed by atoms with Gasteiger partial charge >= 0.3 is 0 Å². The molecule has 0 aromatic rings. The van der Waals surface area contributed by atoms with Gasteiger partial charge in [-0.2, -0.15) is 0 Å². The number of thioether (sulfide) groups is 1. The number of rotatable bonds is 5. The van der Waals surface area contributed by atoms with Crippen LogP contribution in [0.25, 0.3) is 0 Å². The quantitative estimate of drug-likeness (QED) is 0.830. The van der Waals surface area contributed by atoms with Gasteiger partial charge in [-0.15, -0.1) is 11.8 Å². The maximum absolute atomic E-state index is 12.2. The predicted octanol–water partition coefficient (Wildman–Crippen LogP) is 2.48. The Balaban J connectivity index is 1.80. The second-order valence-corrected chi connectivity index (χ2v) is 10.9. The van der Waals surface area contributed by atoms with Crippen molar-refractivity contribution in [2.45, 2.75) is 57.7 Å². The molecule has 2 fully saturated rings. The van der Waals surface area contributed by atoms with Crippen molar-refractivity contribution in [1.82, 2.24) is 5.32 Å². The lowest BCUT2D eigenvalue weighted by Crippen LogP contribution is -2.46. The average Bonchev–Trinajstić information content (AvgIpc) is 2.76. The zero-order valence-electron chi connectivity index (χ0n) is 13.9. The Morgan fingerprint density at radius 2 is 2.00 bits per heavy atom. The highest BCUT2D eigenvalue weighted by molar-refractivity contribution is 8.02. The molecule has 6 heteroatoms. The summed E-state index contributed by atoms with van der Waals surface area (Å²) >= 11 is 1.50. The van der Waals surface area contributed by atoms with E-state index in [0.29, 0.717) is 29.9 Å². The third-order valence-corrected chi connectivity index (χ3v) is 8.29. The zero-order valence-corrected chi connectivity index (χ0v) is 15.5. The Kier molecular flexibility index (Phi) is 6.22. The molecular weight excluding hydrogens is 318 g/mol. The summed E-state index contributed by atoms with van der Waals surface area (Å²) in [5.41, 5.74) is 0. The van der Waals surface area contributed by atoms with Crippen LogP contribution in [0.1, 0.15) is 46.5 Å². The van der Waals surface area contributed by atoms with E-state index < -0.39 is 9.84 Å². The Bertz CT molecular complexity index is 490. The minimum Gasteiger partial charge on any atom is -0.352 e. The number of carbonyl (C=O) groups is 1. The van der Waals surface area contributed by atoms with Gasteiger partial charge in [0.1, 0.15) is 0 Å². The van der Waals surface area contributed by atoms with Crippen molar-refractivity contribution in [3.05, 3.63) is 0 Å². The Morgan fingerprint density at radius 3 is 2.59 bits per heavy atom. The van der Waals surface area contributed by atoms with Crippen molar-refractivity contribution in [3.63, 3.8) is 0 Å². The highest BCUT2D eigenvalue weighted by Gasteiger charge is 2.32. The molecule has 22 heavy (non-hydrogen) atoms. The van der Waals surface area contributed by atoms with Gasteiger partial charge in [0.2, 0.25) is 5.91 Å². The van der Waals surface area contributed by atoms with Gasteiger partial charge in [0.15, 0.2) is 9.84 Å². The molecule has 4 atom stereocenters. The Morgan fingerprint density at radius 1 is 1.27 bits per heavy atom. The molecule has 1 amide bonds. The number of carbonyl (C=O) groups excluding carboxylic acids is 1. The number of sulfone groups is 1. The fourth-order valence-corrected chi connectivity index (χ4v) is 7.16. The van der Waals surface area contributed by atoms with Crippen LogP contribution in [-0.4, -0.2) is 42.9 Å². The van der Waals surface area contributed by atoms with Crippen LogP contribution in [0.2, 0.25) is 0 Å². The summed E-state index contributed by atoms with van der Waals surface area (Å²) in [5, 5.41) is 3.32. The van der Waals surface area contributed by atoms with E-state index in [4.69, 9.17) is 0 Å². The highest BCUT2D eigenvalue weighted by atomic mass is 32.2. The summed E-state index contributed by atoms with van der Waals surface area (Å²) in [4.78, 5) is 12.2. The summed E-state index contributed by atoms with van der Waals surface area (Å²) in [6.45, 7) is 6.73. The predicted molar refractivity (Wildman–Crippen MR) is 92.8 cm³/mol. The molecule has 1 heterocycles. The molecule has 0 aromatic heterocycles. The van der Waals surface area contributed by atoms with Crippen LogP contribution >= 0.6 is 11.8 Å². The molecule has 0 radical (unpaired) electrons. The van der Waals surface area contributed by atoms with Gasteiger partial charge in [-0.3, -0.25) is 4.79 Å². The second kappa shape index (κ2) is 7.56. The summed E-state index contributed by atoms with van der Waals surface area (Å²) < 4.78 is 22.9. The van der Waals surface area contributed by atoms with E-state index in [9.17, 15) is 13.2 Å². The van der Waals surface area contributed by atoms with Crippen LogP contribution in [0.3, 0.4) is 0 Å². The molecule has 1 saturated heterocycles. The van der Waals surface area contributed by atoms with Gasteiger partial charge < -0.3 is 5.32 Å². The lowest BCUT2D eigenvalue weighted by atomic mass is 9.74. The first kappa shape index (κ1) is 18.1. The average molecular weight is 348 g/mol. The van der Waals surface area contributed by atoms with Crippen LogP contribution < -0.4 is 5.32 Å². The van der Waals surface area contributed by atoms with E-state index in [1.54, 1.807) is 0 Å². The molecule has 0 bridgehead atoms. The van der Waals surface area contributed by atoms with Crippen LogP contribution in [0, 0.1) is 17.8 Å². The van der Waals surface area contributed by atoms with Crippen molar-refractivity contribution in [3.8, 4) is 0 Å². The molecular formula is C16H29NO3S2. The fraction of sp³-hybridized carbons (Fsp3) is 0.938. The summed E-state index contributed by atoms with van der Waals surface area (Å²) in [6, 6.07) is 0.282. The largest absolute Gasteiger partial charge is 0.352 e. The van der Waals surface area contributed by atoms with Crippen molar-refractivity contribution in [2.24, 2.45) is 17.8 Å². The lowest BCUT2D eigenvalue weighted by Gasteiger charge is -2.37. The van der Waals surface area contributed by atoms with Crippen LogP contribution in [0.5, 0.6) is 0 Å². The molecule has 1 aliphatic carbocycles. The van der Waals surface area contributed by atoms with Gasteiger partial charge in [0.25, 0.3) is 0 Å². The zero-order chi connectivity index (χ0) is 16.3. The Hall–Kier alpha value is -0.230.